The smallest absolute Gasteiger partial charge is 0.399 e. The van der Waals surface area contributed by atoms with Gasteiger partial charge in [-0.15, -0.1) is 0 Å². The zero-order valence-electron chi connectivity index (χ0n) is 24.0. The van der Waals surface area contributed by atoms with Gasteiger partial charge in [0.15, 0.2) is 9.84 Å². The van der Waals surface area contributed by atoms with Gasteiger partial charge in [0.2, 0.25) is 0 Å². The van der Waals surface area contributed by atoms with Crippen molar-refractivity contribution in [3.8, 4) is 0 Å². The fourth-order valence-electron chi connectivity index (χ4n) is 4.20. The van der Waals surface area contributed by atoms with E-state index in [1.807, 2.05) is 20.8 Å². The zero-order chi connectivity index (χ0) is 30.8. The van der Waals surface area contributed by atoms with Crippen LogP contribution in [0.2, 0.25) is 0 Å². The van der Waals surface area contributed by atoms with Crippen molar-refractivity contribution in [2.75, 3.05) is 12.9 Å². The Morgan fingerprint density at radius 1 is 1.15 bits per heavy atom. The van der Waals surface area contributed by atoms with Crippen molar-refractivity contribution in [3.05, 3.63) is 76.1 Å². The number of imidazole rings is 1. The first kappa shape index (κ1) is 31.8. The largest absolute Gasteiger partial charge is 0.416 e. The molecule has 0 radical (unpaired) electrons. The number of carbonyl (C=O) groups is 1. The summed E-state index contributed by atoms with van der Waals surface area (Å²) in [5.41, 5.74) is 0.0844. The van der Waals surface area contributed by atoms with Gasteiger partial charge >= 0.3 is 6.18 Å². The lowest BCUT2D eigenvalue weighted by atomic mass is 9.95. The number of carbonyl (C=O) groups excluding carboxylic acids is 1. The van der Waals surface area contributed by atoms with E-state index in [0.717, 1.165) is 6.07 Å². The third kappa shape index (κ3) is 7.32. The number of hydrogen-bond acceptors (Lipinski definition) is 7. The Balaban J connectivity index is 1.95. The maximum atomic E-state index is 14.1. The van der Waals surface area contributed by atoms with Crippen LogP contribution in [-0.2, 0) is 39.4 Å². The molecular weight excluding hydrogens is 559 g/mol. The number of alkyl halides is 3. The molecule has 9 nitrogen and oxygen atoms in total. The molecule has 2 heterocycles. The van der Waals surface area contributed by atoms with Crippen molar-refractivity contribution < 1.29 is 31.2 Å². The number of sulfone groups is 1. The van der Waals surface area contributed by atoms with E-state index in [2.05, 4.69) is 20.4 Å². The van der Waals surface area contributed by atoms with Crippen LogP contribution < -0.4 is 5.32 Å². The average Bonchev–Trinajstić information content (AvgIpc) is 3.23. The van der Waals surface area contributed by atoms with E-state index in [-0.39, 0.29) is 40.6 Å². The fraction of sp³-hybridized carbons (Fsp3) is 0.429. The highest BCUT2D eigenvalue weighted by Gasteiger charge is 2.35. The third-order valence-electron chi connectivity index (χ3n) is 6.46. The molecule has 0 aliphatic carbocycles. The van der Waals surface area contributed by atoms with E-state index in [1.165, 1.54) is 38.4 Å². The molecule has 13 heteroatoms. The first-order valence-electron chi connectivity index (χ1n) is 12.8. The molecule has 1 N–H and O–H groups in total. The number of amides is 1. The number of rotatable bonds is 9. The maximum Gasteiger partial charge on any atom is 0.416 e. The van der Waals surface area contributed by atoms with Crippen LogP contribution in [0.25, 0.3) is 0 Å². The quantitative estimate of drug-likeness (QED) is 0.274. The molecule has 0 saturated carbocycles. The molecule has 41 heavy (non-hydrogen) atoms. The van der Waals surface area contributed by atoms with Crippen LogP contribution in [0.4, 0.5) is 13.2 Å². The van der Waals surface area contributed by atoms with Gasteiger partial charge in [0.1, 0.15) is 18.6 Å². The van der Waals surface area contributed by atoms with E-state index in [4.69, 9.17) is 4.84 Å². The number of halogens is 3. The van der Waals surface area contributed by atoms with Gasteiger partial charge in [0, 0.05) is 23.9 Å². The SMILES string of the molecule is CCS(=O)(=O)c1ccc(CNC(=O)c2nc(C(C)(C)C)n(Cc3ccc(/C(C)=N\OC)cc3C(F)(F)F)c2C)nc1. The van der Waals surface area contributed by atoms with Crippen LogP contribution in [-0.4, -0.2) is 47.4 Å². The molecule has 0 unspecified atom stereocenters. The summed E-state index contributed by atoms with van der Waals surface area (Å²) in [5, 5.41) is 6.45. The van der Waals surface area contributed by atoms with Gasteiger partial charge in [0.25, 0.3) is 5.91 Å². The van der Waals surface area contributed by atoms with Crippen molar-refractivity contribution >= 4 is 21.5 Å². The van der Waals surface area contributed by atoms with Crippen LogP contribution >= 0.6 is 0 Å². The standard InChI is InChI=1S/C28H34F3N5O4S/c1-8-41(38,39)22-12-11-21(32-15-22)14-33-25(37)24-18(3)36(26(34-24)27(4,5)6)16-20-10-9-19(17(2)35-40-7)13-23(20)28(29,30)31/h9-13,15H,8,14,16H2,1-7H3,(H,33,37)/b35-17-. The number of nitrogens with zero attached hydrogens (tertiary/aromatic N) is 4. The predicted octanol–water partition coefficient (Wildman–Crippen LogP) is 5.05. The van der Waals surface area contributed by atoms with Gasteiger partial charge < -0.3 is 14.7 Å². The van der Waals surface area contributed by atoms with Gasteiger partial charge in [-0.1, -0.05) is 45.0 Å². The predicted molar refractivity (Wildman–Crippen MR) is 149 cm³/mol. The summed E-state index contributed by atoms with van der Waals surface area (Å²) in [6.45, 7) is 10.2. The fourth-order valence-corrected chi connectivity index (χ4v) is 5.02. The number of pyridine rings is 1. The molecule has 0 aliphatic heterocycles. The van der Waals surface area contributed by atoms with Crippen LogP contribution in [0.5, 0.6) is 0 Å². The van der Waals surface area contributed by atoms with E-state index in [0.29, 0.717) is 22.9 Å². The lowest BCUT2D eigenvalue weighted by molar-refractivity contribution is -0.138. The van der Waals surface area contributed by atoms with Gasteiger partial charge in [-0.05, 0) is 43.2 Å². The van der Waals surface area contributed by atoms with Crippen molar-refractivity contribution in [1.29, 1.82) is 0 Å². The summed E-state index contributed by atoms with van der Waals surface area (Å²) in [6.07, 6.45) is -3.39. The highest BCUT2D eigenvalue weighted by Crippen LogP contribution is 2.35. The Morgan fingerprint density at radius 3 is 2.37 bits per heavy atom. The van der Waals surface area contributed by atoms with Crippen molar-refractivity contribution in [1.82, 2.24) is 19.9 Å². The Labute approximate surface area is 237 Å². The minimum absolute atomic E-state index is 0.00446. The van der Waals surface area contributed by atoms with Gasteiger partial charge in [-0.3, -0.25) is 9.78 Å². The first-order chi connectivity index (χ1) is 19.0. The molecular formula is C28H34F3N5O4S. The Bertz CT molecular complexity index is 1550. The highest BCUT2D eigenvalue weighted by atomic mass is 32.2. The molecule has 2 aromatic heterocycles. The molecule has 3 rings (SSSR count). The molecule has 0 bridgehead atoms. The highest BCUT2D eigenvalue weighted by molar-refractivity contribution is 7.91. The van der Waals surface area contributed by atoms with Crippen LogP contribution in [0.3, 0.4) is 0 Å². The number of hydrogen-bond donors (Lipinski definition) is 1. The van der Waals surface area contributed by atoms with Crippen molar-refractivity contribution in [2.24, 2.45) is 5.16 Å². The second-order valence-corrected chi connectivity index (χ2v) is 12.8. The first-order valence-corrected chi connectivity index (χ1v) is 14.5. The molecule has 1 aromatic carbocycles. The van der Waals surface area contributed by atoms with Crippen LogP contribution in [0.15, 0.2) is 46.6 Å². The topological polar surface area (TPSA) is 116 Å². The number of benzene rings is 1. The number of nitrogens with one attached hydrogen (secondary N) is 1. The third-order valence-corrected chi connectivity index (χ3v) is 8.18. The molecule has 0 aliphatic rings. The van der Waals surface area contributed by atoms with Gasteiger partial charge in [-0.2, -0.15) is 13.2 Å². The summed E-state index contributed by atoms with van der Waals surface area (Å²) in [5.74, 6) is -0.141. The average molecular weight is 594 g/mol. The molecule has 1 amide bonds. The second kappa shape index (κ2) is 12.0. The normalized spacial score (nSPS) is 12.9. The Morgan fingerprint density at radius 2 is 1.83 bits per heavy atom. The van der Waals surface area contributed by atoms with Gasteiger partial charge in [-0.25, -0.2) is 13.4 Å². The summed E-state index contributed by atoms with van der Waals surface area (Å²) in [4.78, 5) is 26.6. The summed E-state index contributed by atoms with van der Waals surface area (Å²) < 4.78 is 68.0. The Hall–Kier alpha value is -3.74. The molecule has 0 atom stereocenters. The molecule has 0 spiro atoms. The van der Waals surface area contributed by atoms with E-state index in [1.54, 1.807) is 24.5 Å². The van der Waals surface area contributed by atoms with E-state index < -0.39 is 32.9 Å². The minimum Gasteiger partial charge on any atom is -0.399 e. The van der Waals surface area contributed by atoms with Crippen molar-refractivity contribution in [2.45, 2.75) is 71.1 Å². The summed E-state index contributed by atoms with van der Waals surface area (Å²) in [7, 11) is -2.09. The molecule has 222 valence electrons. The van der Waals surface area contributed by atoms with E-state index in [9.17, 15) is 26.4 Å². The monoisotopic (exact) mass is 593 g/mol. The van der Waals surface area contributed by atoms with E-state index >= 15 is 0 Å². The Kier molecular flexibility index (Phi) is 9.31. The van der Waals surface area contributed by atoms with Crippen LogP contribution in [0.1, 0.15) is 79.0 Å². The molecule has 0 fully saturated rings. The molecule has 0 saturated heterocycles. The second-order valence-electron chi connectivity index (χ2n) is 10.5. The van der Waals surface area contributed by atoms with Crippen molar-refractivity contribution in [3.63, 3.8) is 0 Å². The zero-order valence-corrected chi connectivity index (χ0v) is 24.9. The lowest BCUT2D eigenvalue weighted by Crippen LogP contribution is -2.24. The molecule has 3 aromatic rings. The lowest BCUT2D eigenvalue weighted by Gasteiger charge is -2.22. The number of oxime groups is 1. The minimum atomic E-state index is -4.63. The summed E-state index contributed by atoms with van der Waals surface area (Å²) >= 11 is 0. The maximum absolute atomic E-state index is 14.1. The number of aromatic nitrogens is 3. The van der Waals surface area contributed by atoms with Gasteiger partial charge in [0.05, 0.1) is 34.2 Å². The van der Waals surface area contributed by atoms with Crippen LogP contribution in [0, 0.1) is 6.92 Å². The summed E-state index contributed by atoms with van der Waals surface area (Å²) in [6, 6.07) is 6.91.